The third-order valence-corrected chi connectivity index (χ3v) is 4.71. The van der Waals surface area contributed by atoms with Crippen LogP contribution in [0.5, 0.6) is 5.75 Å². The van der Waals surface area contributed by atoms with Crippen LogP contribution >= 0.6 is 0 Å². The molecule has 0 radical (unpaired) electrons. The molecule has 0 saturated heterocycles. The number of carbonyl (C=O) groups is 2. The number of anilines is 1. The van der Waals surface area contributed by atoms with Gasteiger partial charge < -0.3 is 15.4 Å². The van der Waals surface area contributed by atoms with Gasteiger partial charge in [-0.25, -0.2) is 0 Å². The smallest absolute Gasteiger partial charge is 0.265 e. The lowest BCUT2D eigenvalue weighted by Crippen LogP contribution is -2.32. The molecule has 2 amide bonds. The predicted molar refractivity (Wildman–Crippen MR) is 118 cm³/mol. The summed E-state index contributed by atoms with van der Waals surface area (Å²) in [6, 6.07) is 13.0. The van der Waals surface area contributed by atoms with E-state index in [-0.39, 0.29) is 17.7 Å². The first-order valence-corrected chi connectivity index (χ1v) is 10.3. The van der Waals surface area contributed by atoms with Crippen molar-refractivity contribution >= 4 is 17.5 Å². The van der Waals surface area contributed by atoms with Crippen LogP contribution in [0, 0.1) is 6.92 Å². The SMILES string of the molecule is CCCCNC(=O)c1ccccc1NC(=O)[C@H](C)Oc1cc(C)ccc1C(C)C. The van der Waals surface area contributed by atoms with Gasteiger partial charge in [-0.05, 0) is 55.5 Å². The Morgan fingerprint density at radius 3 is 2.48 bits per heavy atom. The van der Waals surface area contributed by atoms with Gasteiger partial charge >= 0.3 is 0 Å². The summed E-state index contributed by atoms with van der Waals surface area (Å²) >= 11 is 0. The summed E-state index contributed by atoms with van der Waals surface area (Å²) in [5.41, 5.74) is 3.06. The number of para-hydroxylation sites is 1. The van der Waals surface area contributed by atoms with Crippen LogP contribution < -0.4 is 15.4 Å². The molecule has 0 aliphatic heterocycles. The number of ether oxygens (including phenoxy) is 1. The molecular weight excluding hydrogens is 364 g/mol. The Kier molecular flexibility index (Phi) is 8.25. The van der Waals surface area contributed by atoms with Crippen LogP contribution in [0.4, 0.5) is 5.69 Å². The maximum atomic E-state index is 12.8. The van der Waals surface area contributed by atoms with Crippen LogP contribution in [-0.2, 0) is 4.79 Å². The van der Waals surface area contributed by atoms with Crippen molar-refractivity contribution in [3.8, 4) is 5.75 Å². The second-order valence-electron chi connectivity index (χ2n) is 7.60. The minimum atomic E-state index is -0.703. The third kappa shape index (κ3) is 6.34. The standard InChI is InChI=1S/C24H32N2O3/c1-6-7-14-25-24(28)20-10-8-9-11-21(20)26-23(27)18(5)29-22-15-17(4)12-13-19(22)16(2)3/h8-13,15-16,18H,6-7,14H2,1-5H3,(H,25,28)(H,26,27)/t18-/m0/s1. The van der Waals surface area contributed by atoms with Crippen LogP contribution in [0.25, 0.3) is 0 Å². The maximum absolute atomic E-state index is 12.8. The highest BCUT2D eigenvalue weighted by atomic mass is 16.5. The first-order valence-electron chi connectivity index (χ1n) is 10.3. The third-order valence-electron chi connectivity index (χ3n) is 4.71. The number of unbranched alkanes of at least 4 members (excludes halogenated alkanes) is 1. The lowest BCUT2D eigenvalue weighted by atomic mass is 10.0. The Morgan fingerprint density at radius 2 is 1.79 bits per heavy atom. The molecule has 2 aromatic carbocycles. The first kappa shape index (κ1) is 22.5. The zero-order valence-electron chi connectivity index (χ0n) is 18.0. The van der Waals surface area contributed by atoms with Crippen molar-refractivity contribution < 1.29 is 14.3 Å². The maximum Gasteiger partial charge on any atom is 0.265 e. The summed E-state index contributed by atoms with van der Waals surface area (Å²) in [6.45, 7) is 10.6. The lowest BCUT2D eigenvalue weighted by Gasteiger charge is -2.20. The van der Waals surface area contributed by atoms with Crippen molar-refractivity contribution in [3.63, 3.8) is 0 Å². The molecule has 2 N–H and O–H groups in total. The van der Waals surface area contributed by atoms with Crippen molar-refractivity contribution in [3.05, 3.63) is 59.2 Å². The highest BCUT2D eigenvalue weighted by molar-refractivity contribution is 6.04. The molecule has 2 rings (SSSR count). The molecule has 0 fully saturated rings. The average molecular weight is 397 g/mol. The second-order valence-corrected chi connectivity index (χ2v) is 7.60. The van der Waals surface area contributed by atoms with Gasteiger partial charge in [-0.2, -0.15) is 0 Å². The minimum absolute atomic E-state index is 0.191. The molecule has 0 unspecified atom stereocenters. The van der Waals surface area contributed by atoms with E-state index in [1.165, 1.54) is 0 Å². The van der Waals surface area contributed by atoms with Crippen molar-refractivity contribution in [1.82, 2.24) is 5.32 Å². The van der Waals surface area contributed by atoms with Crippen molar-refractivity contribution in [2.45, 2.75) is 59.5 Å². The Morgan fingerprint density at radius 1 is 1.07 bits per heavy atom. The molecule has 0 bridgehead atoms. The Balaban J connectivity index is 2.11. The molecule has 5 heteroatoms. The van der Waals surface area contributed by atoms with Gasteiger partial charge in [-0.15, -0.1) is 0 Å². The van der Waals surface area contributed by atoms with Crippen molar-refractivity contribution in [2.75, 3.05) is 11.9 Å². The van der Waals surface area contributed by atoms with Gasteiger partial charge in [0.15, 0.2) is 6.10 Å². The molecule has 0 heterocycles. The fourth-order valence-corrected chi connectivity index (χ4v) is 2.96. The van der Waals surface area contributed by atoms with E-state index in [0.717, 1.165) is 24.0 Å². The molecule has 29 heavy (non-hydrogen) atoms. The zero-order chi connectivity index (χ0) is 21.4. The number of hydrogen-bond donors (Lipinski definition) is 2. The molecule has 0 aliphatic rings. The Labute approximate surface area is 173 Å². The van der Waals surface area contributed by atoms with Crippen LogP contribution in [0.15, 0.2) is 42.5 Å². The van der Waals surface area contributed by atoms with Gasteiger partial charge in [-0.3, -0.25) is 9.59 Å². The minimum Gasteiger partial charge on any atom is -0.481 e. The van der Waals surface area contributed by atoms with E-state index in [0.29, 0.717) is 23.5 Å². The first-order chi connectivity index (χ1) is 13.8. The molecular formula is C24H32N2O3. The van der Waals surface area contributed by atoms with Gasteiger partial charge in [-0.1, -0.05) is 51.5 Å². The Hall–Kier alpha value is -2.82. The largest absolute Gasteiger partial charge is 0.481 e. The van der Waals surface area contributed by atoms with E-state index >= 15 is 0 Å². The number of aryl methyl sites for hydroxylation is 1. The number of carbonyl (C=O) groups excluding carboxylic acids is 2. The summed E-state index contributed by atoms with van der Waals surface area (Å²) in [5, 5.41) is 5.73. The van der Waals surface area contributed by atoms with Crippen molar-refractivity contribution in [2.24, 2.45) is 0 Å². The van der Waals surface area contributed by atoms with E-state index < -0.39 is 6.10 Å². The summed E-state index contributed by atoms with van der Waals surface area (Å²) in [4.78, 5) is 25.2. The molecule has 5 nitrogen and oxygen atoms in total. The van der Waals surface area contributed by atoms with Gasteiger partial charge in [0.05, 0.1) is 11.3 Å². The van der Waals surface area contributed by atoms with Crippen LogP contribution in [0.2, 0.25) is 0 Å². The molecule has 156 valence electrons. The normalized spacial score (nSPS) is 11.8. The highest BCUT2D eigenvalue weighted by Crippen LogP contribution is 2.28. The second kappa shape index (κ2) is 10.6. The van der Waals surface area contributed by atoms with Crippen molar-refractivity contribution in [1.29, 1.82) is 0 Å². The van der Waals surface area contributed by atoms with E-state index in [1.807, 2.05) is 25.1 Å². The molecule has 0 saturated carbocycles. The molecule has 0 aromatic heterocycles. The number of benzene rings is 2. The van der Waals surface area contributed by atoms with E-state index in [9.17, 15) is 9.59 Å². The summed E-state index contributed by atoms with van der Waals surface area (Å²) in [5.74, 6) is 0.514. The number of nitrogens with one attached hydrogen (secondary N) is 2. The van der Waals surface area contributed by atoms with Gasteiger partial charge in [0, 0.05) is 6.54 Å². The Bertz CT molecular complexity index is 846. The monoisotopic (exact) mass is 396 g/mol. The molecule has 0 spiro atoms. The lowest BCUT2D eigenvalue weighted by molar-refractivity contribution is -0.122. The molecule has 1 atom stereocenters. The molecule has 2 aromatic rings. The van der Waals surface area contributed by atoms with Gasteiger partial charge in [0.2, 0.25) is 0 Å². The highest BCUT2D eigenvalue weighted by Gasteiger charge is 2.20. The number of hydrogen-bond acceptors (Lipinski definition) is 3. The van der Waals surface area contributed by atoms with Gasteiger partial charge in [0.25, 0.3) is 11.8 Å². The average Bonchev–Trinajstić information content (AvgIpc) is 2.68. The number of rotatable bonds is 9. The molecule has 0 aliphatic carbocycles. The van der Waals surface area contributed by atoms with E-state index in [4.69, 9.17) is 4.74 Å². The number of amides is 2. The van der Waals surface area contributed by atoms with Gasteiger partial charge in [0.1, 0.15) is 5.75 Å². The quantitative estimate of drug-likeness (QED) is 0.583. The predicted octanol–water partition coefficient (Wildman–Crippen LogP) is 5.05. The van der Waals surface area contributed by atoms with Crippen LogP contribution in [0.3, 0.4) is 0 Å². The van der Waals surface area contributed by atoms with E-state index in [1.54, 1.807) is 31.2 Å². The topological polar surface area (TPSA) is 67.4 Å². The zero-order valence-corrected chi connectivity index (χ0v) is 18.0. The summed E-state index contributed by atoms with van der Waals surface area (Å²) in [6.07, 6.45) is 1.22. The fourth-order valence-electron chi connectivity index (χ4n) is 2.96. The van der Waals surface area contributed by atoms with Crippen LogP contribution in [-0.4, -0.2) is 24.5 Å². The fraction of sp³-hybridized carbons (Fsp3) is 0.417. The summed E-state index contributed by atoms with van der Waals surface area (Å²) < 4.78 is 5.99. The van der Waals surface area contributed by atoms with E-state index in [2.05, 4.69) is 31.4 Å². The van der Waals surface area contributed by atoms with Crippen LogP contribution in [0.1, 0.15) is 67.9 Å². The summed E-state index contributed by atoms with van der Waals surface area (Å²) in [7, 11) is 0.